The molecule has 0 spiro atoms. The first-order chi connectivity index (χ1) is 9.34. The van der Waals surface area contributed by atoms with Crippen molar-refractivity contribution in [2.45, 2.75) is 25.4 Å². The molecule has 19 heavy (non-hydrogen) atoms. The minimum Gasteiger partial charge on any atom is -0.331 e. The number of rotatable bonds is 4. The van der Waals surface area contributed by atoms with Gasteiger partial charge in [-0.05, 0) is 30.5 Å². The summed E-state index contributed by atoms with van der Waals surface area (Å²) in [6.07, 6.45) is 5.56. The maximum absolute atomic E-state index is 12.5. The summed E-state index contributed by atoms with van der Waals surface area (Å²) in [5.74, 6) is 0.105. The fraction of sp³-hybridized carbons (Fsp3) is 0.250. The van der Waals surface area contributed by atoms with Gasteiger partial charge in [-0.1, -0.05) is 30.3 Å². The van der Waals surface area contributed by atoms with E-state index in [1.54, 1.807) is 24.5 Å². The summed E-state index contributed by atoms with van der Waals surface area (Å²) >= 11 is 0. The molecular formula is C16H16N2O. The van der Waals surface area contributed by atoms with E-state index in [4.69, 9.17) is 0 Å². The lowest BCUT2D eigenvalue weighted by Crippen LogP contribution is -2.32. The van der Waals surface area contributed by atoms with Gasteiger partial charge < -0.3 is 4.90 Å². The second kappa shape index (κ2) is 5.22. The van der Waals surface area contributed by atoms with Crippen molar-refractivity contribution in [3.63, 3.8) is 0 Å². The molecule has 1 aliphatic carbocycles. The standard InChI is InChI=1S/C16H16N2O/c19-16(14-8-10-17-11-9-14)18(15-6-7-15)12-13-4-2-1-3-5-13/h1-5,8-11,15H,6-7,12H2. The number of carbonyl (C=O) groups is 1. The molecule has 1 amide bonds. The van der Waals surface area contributed by atoms with Crippen LogP contribution in [-0.4, -0.2) is 21.8 Å². The lowest BCUT2D eigenvalue weighted by atomic mass is 10.2. The minimum atomic E-state index is 0.105. The zero-order valence-corrected chi connectivity index (χ0v) is 10.7. The van der Waals surface area contributed by atoms with Crippen LogP contribution in [0.25, 0.3) is 0 Å². The third-order valence-electron chi connectivity index (χ3n) is 3.37. The third-order valence-corrected chi connectivity index (χ3v) is 3.37. The maximum Gasteiger partial charge on any atom is 0.254 e. The molecule has 3 rings (SSSR count). The molecule has 3 nitrogen and oxygen atoms in total. The van der Waals surface area contributed by atoms with Crippen LogP contribution in [0, 0.1) is 0 Å². The van der Waals surface area contributed by atoms with Crippen molar-refractivity contribution in [2.75, 3.05) is 0 Å². The Hall–Kier alpha value is -2.16. The quantitative estimate of drug-likeness (QED) is 0.838. The molecule has 1 aromatic heterocycles. The number of pyridine rings is 1. The van der Waals surface area contributed by atoms with Gasteiger partial charge in [0.05, 0.1) is 0 Å². The highest BCUT2D eigenvalue weighted by atomic mass is 16.2. The van der Waals surface area contributed by atoms with Crippen LogP contribution in [-0.2, 0) is 6.54 Å². The van der Waals surface area contributed by atoms with E-state index in [1.165, 1.54) is 5.56 Å². The van der Waals surface area contributed by atoms with E-state index in [2.05, 4.69) is 17.1 Å². The lowest BCUT2D eigenvalue weighted by molar-refractivity contribution is 0.0730. The molecule has 2 aromatic rings. The summed E-state index contributed by atoms with van der Waals surface area (Å²) in [5, 5.41) is 0. The molecule has 96 valence electrons. The Bertz CT molecular complexity index is 549. The topological polar surface area (TPSA) is 33.2 Å². The van der Waals surface area contributed by atoms with E-state index in [-0.39, 0.29) is 5.91 Å². The zero-order chi connectivity index (χ0) is 13.1. The average molecular weight is 252 g/mol. The Labute approximate surface area is 112 Å². The molecule has 1 fully saturated rings. The van der Waals surface area contributed by atoms with Crippen molar-refractivity contribution in [3.8, 4) is 0 Å². The Balaban J connectivity index is 1.80. The van der Waals surface area contributed by atoms with E-state index >= 15 is 0 Å². The lowest BCUT2D eigenvalue weighted by Gasteiger charge is -2.22. The summed E-state index contributed by atoms with van der Waals surface area (Å²) in [6, 6.07) is 14.1. The number of benzene rings is 1. The summed E-state index contributed by atoms with van der Waals surface area (Å²) in [4.78, 5) is 18.5. The van der Waals surface area contributed by atoms with Crippen molar-refractivity contribution < 1.29 is 4.79 Å². The Morgan fingerprint density at radius 1 is 1.11 bits per heavy atom. The van der Waals surface area contributed by atoms with Gasteiger partial charge in [-0.15, -0.1) is 0 Å². The van der Waals surface area contributed by atoms with E-state index in [1.807, 2.05) is 23.1 Å². The molecular weight excluding hydrogens is 236 g/mol. The fourth-order valence-electron chi connectivity index (χ4n) is 2.19. The Kier molecular flexibility index (Phi) is 3.27. The van der Waals surface area contributed by atoms with Crippen LogP contribution in [0.4, 0.5) is 0 Å². The average Bonchev–Trinajstić information content (AvgIpc) is 3.31. The monoisotopic (exact) mass is 252 g/mol. The molecule has 1 aromatic carbocycles. The second-order valence-corrected chi connectivity index (χ2v) is 4.89. The second-order valence-electron chi connectivity index (χ2n) is 4.89. The van der Waals surface area contributed by atoms with Crippen molar-refractivity contribution in [3.05, 3.63) is 66.0 Å². The van der Waals surface area contributed by atoms with Crippen LogP contribution in [0.2, 0.25) is 0 Å². The predicted octanol–water partition coefficient (Wildman–Crippen LogP) is 2.89. The number of carbonyl (C=O) groups excluding carboxylic acids is 1. The van der Waals surface area contributed by atoms with Crippen LogP contribution in [0.1, 0.15) is 28.8 Å². The number of nitrogens with zero attached hydrogens (tertiary/aromatic N) is 2. The number of amides is 1. The first-order valence-corrected chi connectivity index (χ1v) is 6.59. The van der Waals surface area contributed by atoms with E-state index in [9.17, 15) is 4.79 Å². The number of hydrogen-bond acceptors (Lipinski definition) is 2. The molecule has 0 saturated heterocycles. The predicted molar refractivity (Wildman–Crippen MR) is 73.6 cm³/mol. The highest BCUT2D eigenvalue weighted by molar-refractivity contribution is 5.94. The van der Waals surface area contributed by atoms with Gasteiger partial charge in [-0.2, -0.15) is 0 Å². The van der Waals surface area contributed by atoms with Crippen molar-refractivity contribution in [1.82, 2.24) is 9.88 Å². The van der Waals surface area contributed by atoms with Crippen LogP contribution in [0.3, 0.4) is 0 Å². The first kappa shape index (κ1) is 11.9. The molecule has 0 bridgehead atoms. The maximum atomic E-state index is 12.5. The van der Waals surface area contributed by atoms with E-state index in [0.29, 0.717) is 12.6 Å². The minimum absolute atomic E-state index is 0.105. The van der Waals surface area contributed by atoms with Gasteiger partial charge in [0.15, 0.2) is 0 Å². The van der Waals surface area contributed by atoms with Crippen LogP contribution < -0.4 is 0 Å². The number of hydrogen-bond donors (Lipinski definition) is 0. The molecule has 0 unspecified atom stereocenters. The van der Waals surface area contributed by atoms with Crippen molar-refractivity contribution >= 4 is 5.91 Å². The van der Waals surface area contributed by atoms with Gasteiger partial charge in [0.25, 0.3) is 5.91 Å². The first-order valence-electron chi connectivity index (χ1n) is 6.59. The smallest absolute Gasteiger partial charge is 0.254 e. The molecule has 1 saturated carbocycles. The third kappa shape index (κ3) is 2.81. The molecule has 1 aliphatic rings. The van der Waals surface area contributed by atoms with Crippen molar-refractivity contribution in [1.29, 1.82) is 0 Å². The van der Waals surface area contributed by atoms with Gasteiger partial charge in [-0.25, -0.2) is 0 Å². The van der Waals surface area contributed by atoms with E-state index < -0.39 is 0 Å². The zero-order valence-electron chi connectivity index (χ0n) is 10.7. The number of aromatic nitrogens is 1. The molecule has 0 N–H and O–H groups in total. The summed E-state index contributed by atoms with van der Waals surface area (Å²) in [6.45, 7) is 0.687. The van der Waals surface area contributed by atoms with Crippen LogP contribution in [0.15, 0.2) is 54.9 Å². The molecule has 0 aliphatic heterocycles. The van der Waals surface area contributed by atoms with Gasteiger partial charge >= 0.3 is 0 Å². The molecule has 0 radical (unpaired) electrons. The molecule has 1 heterocycles. The fourth-order valence-corrected chi connectivity index (χ4v) is 2.19. The van der Waals surface area contributed by atoms with Crippen molar-refractivity contribution in [2.24, 2.45) is 0 Å². The normalized spacial score (nSPS) is 14.1. The summed E-state index contributed by atoms with van der Waals surface area (Å²) in [7, 11) is 0. The largest absolute Gasteiger partial charge is 0.331 e. The molecule has 3 heteroatoms. The molecule has 0 atom stereocenters. The van der Waals surface area contributed by atoms with Gasteiger partial charge in [0, 0.05) is 30.5 Å². The van der Waals surface area contributed by atoms with E-state index in [0.717, 1.165) is 18.4 Å². The highest BCUT2D eigenvalue weighted by Gasteiger charge is 2.32. The SMILES string of the molecule is O=C(c1ccncc1)N(Cc1ccccc1)C1CC1. The van der Waals surface area contributed by atoms with Gasteiger partial charge in [0.1, 0.15) is 0 Å². The van der Waals surface area contributed by atoms with Crippen LogP contribution in [0.5, 0.6) is 0 Å². The van der Waals surface area contributed by atoms with Crippen LogP contribution >= 0.6 is 0 Å². The van der Waals surface area contributed by atoms with Gasteiger partial charge in [0.2, 0.25) is 0 Å². The Morgan fingerprint density at radius 2 is 1.79 bits per heavy atom. The Morgan fingerprint density at radius 3 is 2.42 bits per heavy atom. The summed E-state index contributed by atoms with van der Waals surface area (Å²) < 4.78 is 0. The summed E-state index contributed by atoms with van der Waals surface area (Å²) in [5.41, 5.74) is 1.90. The van der Waals surface area contributed by atoms with Gasteiger partial charge in [-0.3, -0.25) is 9.78 Å². The highest BCUT2D eigenvalue weighted by Crippen LogP contribution is 2.29.